The van der Waals surface area contributed by atoms with Crippen molar-refractivity contribution in [2.75, 3.05) is 0 Å². The van der Waals surface area contributed by atoms with Crippen LogP contribution in [-0.4, -0.2) is 20.4 Å². The van der Waals surface area contributed by atoms with Gasteiger partial charge in [0.2, 0.25) is 0 Å². The zero-order valence-electron chi connectivity index (χ0n) is 9.67. The van der Waals surface area contributed by atoms with Gasteiger partial charge in [0.25, 0.3) is 5.19 Å². The molecule has 5 nitrogen and oxygen atoms in total. The molecule has 0 amide bonds. The minimum absolute atomic E-state index is 0.119. The van der Waals surface area contributed by atoms with Gasteiger partial charge in [0.05, 0.1) is 10.6 Å². The first-order valence-corrected chi connectivity index (χ1v) is 6.83. The molecular weight excluding hydrogens is 288 g/mol. The summed E-state index contributed by atoms with van der Waals surface area (Å²) in [5.41, 5.74) is 0.119. The number of hydrogen-bond donors (Lipinski definition) is 1. The average Bonchev–Trinajstić information content (AvgIpc) is 3.12. The summed E-state index contributed by atoms with van der Waals surface area (Å²) >= 11 is 7.15. The van der Waals surface area contributed by atoms with Gasteiger partial charge in [-0.3, -0.25) is 0 Å². The summed E-state index contributed by atoms with van der Waals surface area (Å²) in [6.07, 6.45) is 2.26. The second-order valence-corrected chi connectivity index (χ2v) is 5.37. The topological polar surface area (TPSA) is 72.3 Å². The molecule has 7 heteroatoms. The van der Waals surface area contributed by atoms with Crippen molar-refractivity contribution in [2.45, 2.75) is 18.8 Å². The average molecular weight is 297 g/mol. The van der Waals surface area contributed by atoms with E-state index in [-0.39, 0.29) is 10.6 Å². The molecule has 1 aromatic carbocycles. The van der Waals surface area contributed by atoms with Crippen molar-refractivity contribution in [1.82, 2.24) is 9.36 Å². The van der Waals surface area contributed by atoms with E-state index in [4.69, 9.17) is 21.4 Å². The first-order valence-electron chi connectivity index (χ1n) is 5.68. The lowest BCUT2D eigenvalue weighted by Gasteiger charge is -2.04. The predicted octanol–water partition coefficient (Wildman–Crippen LogP) is 3.56. The van der Waals surface area contributed by atoms with Crippen molar-refractivity contribution in [2.24, 2.45) is 0 Å². The zero-order valence-corrected chi connectivity index (χ0v) is 11.2. The number of carboxylic acids is 1. The van der Waals surface area contributed by atoms with Crippen molar-refractivity contribution in [3.8, 4) is 10.9 Å². The van der Waals surface area contributed by atoms with E-state index in [9.17, 15) is 4.79 Å². The second kappa shape index (κ2) is 4.79. The molecule has 2 aromatic rings. The molecule has 1 N–H and O–H groups in total. The Kier molecular flexibility index (Phi) is 3.12. The quantitative estimate of drug-likeness (QED) is 0.934. The van der Waals surface area contributed by atoms with Crippen molar-refractivity contribution < 1.29 is 14.6 Å². The fourth-order valence-corrected chi connectivity index (χ4v) is 2.42. The normalized spacial score (nSPS) is 14.4. The summed E-state index contributed by atoms with van der Waals surface area (Å²) in [6, 6.07) is 4.30. The van der Waals surface area contributed by atoms with Gasteiger partial charge in [0.15, 0.2) is 0 Å². The van der Waals surface area contributed by atoms with Gasteiger partial charge in [0.1, 0.15) is 11.6 Å². The third kappa shape index (κ3) is 2.69. The van der Waals surface area contributed by atoms with Crippen LogP contribution >= 0.6 is 23.1 Å². The molecule has 1 aliphatic rings. The van der Waals surface area contributed by atoms with E-state index in [0.29, 0.717) is 16.9 Å². The molecule has 1 heterocycles. The number of ether oxygens (including phenoxy) is 1. The van der Waals surface area contributed by atoms with E-state index in [2.05, 4.69) is 9.36 Å². The fraction of sp³-hybridized carbons (Fsp3) is 0.250. The standard InChI is InChI=1S/C12H9ClN2O3S/c13-8-5-7(11(16)17)3-4-9(8)18-12-14-10(15-19-12)6-1-2-6/h3-6H,1-2H2,(H,16,17). The van der Waals surface area contributed by atoms with Gasteiger partial charge in [-0.2, -0.15) is 9.36 Å². The number of carbonyl (C=O) groups is 1. The van der Waals surface area contributed by atoms with E-state index in [0.717, 1.165) is 18.7 Å². The van der Waals surface area contributed by atoms with Crippen LogP contribution in [0.5, 0.6) is 10.9 Å². The lowest BCUT2D eigenvalue weighted by Crippen LogP contribution is -1.96. The van der Waals surface area contributed by atoms with E-state index in [1.807, 2.05) is 0 Å². The lowest BCUT2D eigenvalue weighted by atomic mass is 10.2. The molecule has 1 aromatic heterocycles. The molecular formula is C12H9ClN2O3S. The van der Waals surface area contributed by atoms with Crippen LogP contribution < -0.4 is 4.74 Å². The van der Waals surface area contributed by atoms with Crippen LogP contribution in [0.15, 0.2) is 18.2 Å². The highest BCUT2D eigenvalue weighted by molar-refractivity contribution is 7.07. The van der Waals surface area contributed by atoms with Crippen molar-refractivity contribution in [3.05, 3.63) is 34.6 Å². The van der Waals surface area contributed by atoms with Gasteiger partial charge in [-0.05, 0) is 31.0 Å². The Labute approximate surface area is 118 Å². The van der Waals surface area contributed by atoms with Crippen LogP contribution in [0.4, 0.5) is 0 Å². The first kappa shape index (κ1) is 12.4. The Balaban J connectivity index is 1.79. The number of rotatable bonds is 4. The van der Waals surface area contributed by atoms with Crippen LogP contribution in [0.3, 0.4) is 0 Å². The highest BCUT2D eigenvalue weighted by atomic mass is 35.5. The molecule has 3 rings (SSSR count). The van der Waals surface area contributed by atoms with Crippen LogP contribution in [0.25, 0.3) is 0 Å². The predicted molar refractivity (Wildman–Crippen MR) is 70.4 cm³/mol. The molecule has 0 unspecified atom stereocenters. The highest BCUT2D eigenvalue weighted by Gasteiger charge is 2.28. The Morgan fingerprint density at radius 1 is 1.47 bits per heavy atom. The molecule has 19 heavy (non-hydrogen) atoms. The number of aromatic nitrogens is 2. The van der Waals surface area contributed by atoms with Gasteiger partial charge in [-0.15, -0.1) is 0 Å². The maximum atomic E-state index is 10.8. The Hall–Kier alpha value is -1.66. The van der Waals surface area contributed by atoms with Crippen LogP contribution in [-0.2, 0) is 0 Å². The van der Waals surface area contributed by atoms with Crippen LogP contribution in [0.2, 0.25) is 5.02 Å². The van der Waals surface area contributed by atoms with Crippen LogP contribution in [0, 0.1) is 0 Å². The smallest absolute Gasteiger partial charge is 0.335 e. The van der Waals surface area contributed by atoms with E-state index < -0.39 is 5.97 Å². The van der Waals surface area contributed by atoms with Gasteiger partial charge in [-0.1, -0.05) is 11.6 Å². The SMILES string of the molecule is O=C(O)c1ccc(Oc2nc(C3CC3)ns2)c(Cl)c1. The zero-order chi connectivity index (χ0) is 13.4. The molecule has 1 aliphatic carbocycles. The molecule has 0 atom stereocenters. The summed E-state index contributed by atoms with van der Waals surface area (Å²) in [7, 11) is 0. The van der Waals surface area contributed by atoms with Crippen LogP contribution in [0.1, 0.15) is 34.9 Å². The third-order valence-electron chi connectivity index (χ3n) is 2.74. The van der Waals surface area contributed by atoms with E-state index >= 15 is 0 Å². The Morgan fingerprint density at radius 3 is 2.89 bits per heavy atom. The minimum Gasteiger partial charge on any atom is -0.478 e. The summed E-state index contributed by atoms with van der Waals surface area (Å²) < 4.78 is 9.74. The van der Waals surface area contributed by atoms with Gasteiger partial charge >= 0.3 is 5.97 Å². The van der Waals surface area contributed by atoms with E-state index in [1.165, 1.54) is 29.7 Å². The molecule has 0 bridgehead atoms. The largest absolute Gasteiger partial charge is 0.478 e. The minimum atomic E-state index is -1.03. The number of nitrogens with zero attached hydrogens (tertiary/aromatic N) is 2. The summed E-state index contributed by atoms with van der Waals surface area (Å²) in [5.74, 6) is 0.641. The van der Waals surface area contributed by atoms with Crippen molar-refractivity contribution >= 4 is 29.1 Å². The monoisotopic (exact) mass is 296 g/mol. The number of hydrogen-bond acceptors (Lipinski definition) is 5. The molecule has 98 valence electrons. The fourth-order valence-electron chi connectivity index (χ4n) is 1.58. The second-order valence-electron chi connectivity index (χ2n) is 4.25. The first-order chi connectivity index (χ1) is 9.13. The number of aromatic carboxylic acids is 1. The van der Waals surface area contributed by atoms with Crippen molar-refractivity contribution in [1.29, 1.82) is 0 Å². The molecule has 0 radical (unpaired) electrons. The lowest BCUT2D eigenvalue weighted by molar-refractivity contribution is 0.0697. The van der Waals surface area contributed by atoms with Gasteiger partial charge in [0, 0.05) is 17.5 Å². The Morgan fingerprint density at radius 2 is 2.26 bits per heavy atom. The van der Waals surface area contributed by atoms with E-state index in [1.54, 1.807) is 0 Å². The molecule has 1 saturated carbocycles. The molecule has 0 spiro atoms. The molecule has 1 fully saturated rings. The Bertz CT molecular complexity index is 640. The van der Waals surface area contributed by atoms with Crippen molar-refractivity contribution in [3.63, 3.8) is 0 Å². The maximum absolute atomic E-state index is 10.8. The number of benzene rings is 1. The van der Waals surface area contributed by atoms with Gasteiger partial charge in [-0.25, -0.2) is 4.79 Å². The molecule has 0 aliphatic heterocycles. The summed E-state index contributed by atoms with van der Waals surface area (Å²) in [4.78, 5) is 15.1. The summed E-state index contributed by atoms with van der Waals surface area (Å²) in [6.45, 7) is 0. The number of halogens is 1. The molecule has 0 saturated heterocycles. The maximum Gasteiger partial charge on any atom is 0.335 e. The summed E-state index contributed by atoms with van der Waals surface area (Å²) in [5, 5.41) is 9.50. The van der Waals surface area contributed by atoms with Gasteiger partial charge < -0.3 is 9.84 Å². The number of carboxylic acid groups (broad SMARTS) is 1. The third-order valence-corrected chi connectivity index (χ3v) is 3.65. The highest BCUT2D eigenvalue weighted by Crippen LogP contribution is 2.40.